The van der Waals surface area contributed by atoms with Gasteiger partial charge >= 0.3 is 0 Å². The van der Waals surface area contributed by atoms with Crippen molar-refractivity contribution in [2.24, 2.45) is 11.5 Å². The Kier molecular flexibility index (Phi) is 7.18. The third kappa shape index (κ3) is 6.51. The van der Waals surface area contributed by atoms with Gasteiger partial charge < -0.3 is 11.5 Å². The summed E-state index contributed by atoms with van der Waals surface area (Å²) < 4.78 is 0. The molecule has 0 spiro atoms. The summed E-state index contributed by atoms with van der Waals surface area (Å²) >= 11 is 0. The third-order valence-electron chi connectivity index (χ3n) is 2.26. The highest BCUT2D eigenvalue weighted by Crippen LogP contribution is 2.06. The molecule has 0 aromatic rings. The zero-order chi connectivity index (χ0) is 14.1. The molecule has 0 saturated carbocycles. The third-order valence-corrected chi connectivity index (χ3v) is 2.26. The van der Waals surface area contributed by atoms with E-state index in [0.717, 1.165) is 0 Å². The van der Waals surface area contributed by atoms with Gasteiger partial charge in [-0.3, -0.25) is 24.0 Å². The number of primary amides is 2. The van der Waals surface area contributed by atoms with E-state index < -0.39 is 23.3 Å². The number of hydrogen-bond acceptors (Lipinski definition) is 5. The van der Waals surface area contributed by atoms with E-state index in [2.05, 4.69) is 5.73 Å². The van der Waals surface area contributed by atoms with Crippen molar-refractivity contribution in [2.75, 3.05) is 0 Å². The average molecular weight is 256 g/mol. The minimum absolute atomic E-state index is 0.103. The summed E-state index contributed by atoms with van der Waals surface area (Å²) in [6.45, 7) is 0. The Hall–Kier alpha value is -2.05. The molecule has 0 aromatic carbocycles. The first-order valence-corrected chi connectivity index (χ1v) is 5.56. The molecular weight excluding hydrogens is 240 g/mol. The molecule has 18 heavy (non-hydrogen) atoms. The second-order valence-corrected chi connectivity index (χ2v) is 3.83. The Labute approximate surface area is 104 Å². The van der Waals surface area contributed by atoms with Crippen molar-refractivity contribution in [3.05, 3.63) is 0 Å². The summed E-state index contributed by atoms with van der Waals surface area (Å²) in [7, 11) is 0. The molecule has 7 heteroatoms. The second-order valence-electron chi connectivity index (χ2n) is 3.83. The van der Waals surface area contributed by atoms with Gasteiger partial charge in [-0.05, 0) is 12.8 Å². The molecule has 0 heterocycles. The number of Topliss-reactive ketones (excluding diaryl/α,β-unsaturated/α-hetero) is 3. The van der Waals surface area contributed by atoms with Crippen molar-refractivity contribution in [3.63, 3.8) is 0 Å². The van der Waals surface area contributed by atoms with E-state index in [1.54, 1.807) is 0 Å². The number of nitrogens with two attached hydrogens (primary N) is 2. The van der Waals surface area contributed by atoms with Gasteiger partial charge in [-0.25, -0.2) is 0 Å². The Morgan fingerprint density at radius 1 is 0.667 bits per heavy atom. The van der Waals surface area contributed by atoms with Crippen LogP contribution in [0.15, 0.2) is 0 Å². The largest absolute Gasteiger partial charge is 0.370 e. The normalized spacial score (nSPS) is 9.78. The molecule has 2 amide bonds. The fraction of sp³-hybridized carbons (Fsp3) is 0.545. The van der Waals surface area contributed by atoms with E-state index in [1.807, 2.05) is 0 Å². The van der Waals surface area contributed by atoms with Gasteiger partial charge in [0, 0.05) is 12.8 Å². The minimum Gasteiger partial charge on any atom is -0.370 e. The molecule has 0 rings (SSSR count). The maximum absolute atomic E-state index is 11.2. The van der Waals surface area contributed by atoms with Crippen LogP contribution in [0.5, 0.6) is 0 Å². The lowest BCUT2D eigenvalue weighted by Gasteiger charge is -1.99. The van der Waals surface area contributed by atoms with Crippen LogP contribution in [0.25, 0.3) is 0 Å². The molecule has 0 aliphatic heterocycles. The van der Waals surface area contributed by atoms with Gasteiger partial charge in [0.25, 0.3) is 17.5 Å². The molecule has 0 bridgehead atoms. The van der Waals surface area contributed by atoms with Crippen LogP contribution in [0, 0.1) is 0 Å². The molecule has 4 N–H and O–H groups in total. The zero-order valence-corrected chi connectivity index (χ0v) is 9.94. The number of carbonyl (C=O) groups is 5. The number of unbranched alkanes of at least 4 members (excludes halogenated alkanes) is 3. The van der Waals surface area contributed by atoms with Crippen molar-refractivity contribution in [1.29, 1.82) is 0 Å². The van der Waals surface area contributed by atoms with Crippen LogP contribution in [0.3, 0.4) is 0 Å². The Morgan fingerprint density at radius 3 is 1.61 bits per heavy atom. The number of rotatable bonds is 10. The van der Waals surface area contributed by atoms with Crippen LogP contribution >= 0.6 is 0 Å². The molecule has 0 radical (unpaired) electrons. The molecule has 0 aliphatic carbocycles. The van der Waals surface area contributed by atoms with Gasteiger partial charge in [0.15, 0.2) is 0 Å². The van der Waals surface area contributed by atoms with Crippen LogP contribution in [0.1, 0.15) is 38.5 Å². The predicted molar refractivity (Wildman–Crippen MR) is 61.1 cm³/mol. The fourth-order valence-electron chi connectivity index (χ4n) is 1.29. The first kappa shape index (κ1) is 16.0. The highest BCUT2D eigenvalue weighted by molar-refractivity contribution is 6.77. The summed E-state index contributed by atoms with van der Waals surface area (Å²) in [5.74, 6) is -5.55. The summed E-state index contributed by atoms with van der Waals surface area (Å²) in [4.78, 5) is 53.8. The number of ketones is 3. The van der Waals surface area contributed by atoms with Gasteiger partial charge in [0.05, 0.1) is 0 Å². The molecule has 0 unspecified atom stereocenters. The predicted octanol–water partition coefficient (Wildman–Crippen LogP) is -0.995. The minimum atomic E-state index is -1.48. The van der Waals surface area contributed by atoms with Gasteiger partial charge in [0.2, 0.25) is 11.7 Å². The Bertz CT molecular complexity index is 376. The number of amides is 2. The molecular formula is C11H16N2O5. The molecule has 7 nitrogen and oxygen atoms in total. The quantitative estimate of drug-likeness (QED) is 0.293. The van der Waals surface area contributed by atoms with Crippen LogP contribution in [-0.4, -0.2) is 29.2 Å². The number of hydrogen-bond donors (Lipinski definition) is 2. The van der Waals surface area contributed by atoms with E-state index in [-0.39, 0.29) is 18.7 Å². The van der Waals surface area contributed by atoms with Crippen molar-refractivity contribution < 1.29 is 24.0 Å². The first-order chi connectivity index (χ1) is 8.36. The van der Waals surface area contributed by atoms with Crippen LogP contribution in [-0.2, 0) is 24.0 Å². The summed E-state index contributed by atoms with van der Waals surface area (Å²) in [6.07, 6.45) is 2.56. The van der Waals surface area contributed by atoms with E-state index in [9.17, 15) is 24.0 Å². The van der Waals surface area contributed by atoms with Gasteiger partial charge in [-0.15, -0.1) is 0 Å². The molecule has 0 saturated heterocycles. The van der Waals surface area contributed by atoms with Gasteiger partial charge in [-0.2, -0.15) is 0 Å². The molecule has 0 aliphatic rings. The maximum atomic E-state index is 11.2. The SMILES string of the molecule is NC(=O)CCCCCCC(=O)C(=O)C(=O)C(N)=O. The van der Waals surface area contributed by atoms with Gasteiger partial charge in [0.1, 0.15) is 0 Å². The molecule has 0 atom stereocenters. The Balaban J connectivity index is 3.78. The summed E-state index contributed by atoms with van der Waals surface area (Å²) in [6, 6.07) is 0. The highest BCUT2D eigenvalue weighted by Gasteiger charge is 2.26. The van der Waals surface area contributed by atoms with Crippen molar-refractivity contribution in [1.82, 2.24) is 0 Å². The summed E-state index contributed by atoms with van der Waals surface area (Å²) in [5.41, 5.74) is 9.53. The monoisotopic (exact) mass is 256 g/mol. The van der Waals surface area contributed by atoms with E-state index in [0.29, 0.717) is 25.7 Å². The molecule has 0 aromatic heterocycles. The number of carbonyl (C=O) groups excluding carboxylic acids is 5. The van der Waals surface area contributed by atoms with Crippen LogP contribution in [0.2, 0.25) is 0 Å². The molecule has 100 valence electrons. The smallest absolute Gasteiger partial charge is 0.293 e. The first-order valence-electron chi connectivity index (χ1n) is 5.56. The van der Waals surface area contributed by atoms with Gasteiger partial charge in [-0.1, -0.05) is 12.8 Å². The average Bonchev–Trinajstić information content (AvgIpc) is 2.30. The standard InChI is InChI=1S/C11H16N2O5/c12-8(15)6-4-2-1-3-5-7(14)9(16)10(17)11(13)18/h1-6H2,(H2,12,15)(H2,13,18). The highest BCUT2D eigenvalue weighted by atomic mass is 16.2. The Morgan fingerprint density at radius 2 is 1.17 bits per heavy atom. The topological polar surface area (TPSA) is 137 Å². The zero-order valence-electron chi connectivity index (χ0n) is 9.94. The van der Waals surface area contributed by atoms with Crippen LogP contribution in [0.4, 0.5) is 0 Å². The lowest BCUT2D eigenvalue weighted by Crippen LogP contribution is -2.34. The van der Waals surface area contributed by atoms with E-state index in [4.69, 9.17) is 5.73 Å². The van der Waals surface area contributed by atoms with E-state index >= 15 is 0 Å². The maximum Gasteiger partial charge on any atom is 0.293 e. The van der Waals surface area contributed by atoms with Crippen molar-refractivity contribution >= 4 is 29.2 Å². The van der Waals surface area contributed by atoms with Crippen LogP contribution < -0.4 is 11.5 Å². The lowest BCUT2D eigenvalue weighted by atomic mass is 10.0. The summed E-state index contributed by atoms with van der Waals surface area (Å²) in [5, 5.41) is 0. The van der Waals surface area contributed by atoms with Crippen molar-refractivity contribution in [3.8, 4) is 0 Å². The fourth-order valence-corrected chi connectivity index (χ4v) is 1.29. The van der Waals surface area contributed by atoms with E-state index in [1.165, 1.54) is 0 Å². The second kappa shape index (κ2) is 8.10. The lowest BCUT2D eigenvalue weighted by molar-refractivity contribution is -0.148. The van der Waals surface area contributed by atoms with Crippen molar-refractivity contribution in [2.45, 2.75) is 38.5 Å². The molecule has 0 fully saturated rings.